The Balaban J connectivity index is 1.69. The molecule has 3 aromatic rings. The molecule has 0 aliphatic rings. The molecule has 0 atom stereocenters. The van der Waals surface area contributed by atoms with Gasteiger partial charge in [0.1, 0.15) is 5.56 Å². The predicted octanol–water partition coefficient (Wildman–Crippen LogP) is 7.08. The van der Waals surface area contributed by atoms with Crippen LogP contribution in [0.5, 0.6) is 11.5 Å². The lowest BCUT2D eigenvalue weighted by molar-refractivity contribution is -0.142. The number of hydrogen-bond donors (Lipinski definition) is 1. The number of amides is 1. The molecule has 208 valence electrons. The second-order valence-corrected chi connectivity index (χ2v) is 9.33. The Bertz CT molecular complexity index is 1190. The van der Waals surface area contributed by atoms with Gasteiger partial charge in [-0.3, -0.25) is 4.79 Å². The average molecular weight is 535 g/mol. The van der Waals surface area contributed by atoms with Crippen LogP contribution in [-0.4, -0.2) is 41.3 Å². The van der Waals surface area contributed by atoms with E-state index < -0.39 is 17.8 Å². The van der Waals surface area contributed by atoms with Gasteiger partial charge in [0.15, 0.2) is 22.8 Å². The summed E-state index contributed by atoms with van der Waals surface area (Å²) in [6, 6.07) is 5.62. The van der Waals surface area contributed by atoms with Gasteiger partial charge in [0.05, 0.1) is 26.1 Å². The van der Waals surface area contributed by atoms with Crippen LogP contribution >= 0.6 is 0 Å². The first-order valence-electron chi connectivity index (χ1n) is 13.3. The van der Waals surface area contributed by atoms with Gasteiger partial charge >= 0.3 is 6.18 Å². The van der Waals surface area contributed by atoms with Crippen molar-refractivity contribution < 1.29 is 27.4 Å². The van der Waals surface area contributed by atoms with Gasteiger partial charge in [-0.1, -0.05) is 64.7 Å². The number of aromatic nitrogens is 3. The summed E-state index contributed by atoms with van der Waals surface area (Å²) < 4.78 is 52.9. The summed E-state index contributed by atoms with van der Waals surface area (Å²) in [5.41, 5.74) is -0.778. The van der Waals surface area contributed by atoms with Crippen LogP contribution in [0, 0.1) is 0 Å². The van der Waals surface area contributed by atoms with Crippen LogP contribution < -0.4 is 14.8 Å². The largest absolute Gasteiger partial charge is 0.493 e. The van der Waals surface area contributed by atoms with Crippen molar-refractivity contribution in [2.45, 2.75) is 77.3 Å². The highest BCUT2D eigenvalue weighted by atomic mass is 19.4. The van der Waals surface area contributed by atoms with Crippen LogP contribution in [-0.2, 0) is 6.18 Å². The molecule has 0 radical (unpaired) electrons. The highest BCUT2D eigenvalue weighted by Crippen LogP contribution is 2.35. The summed E-state index contributed by atoms with van der Waals surface area (Å²) in [4.78, 5) is 17.2. The van der Waals surface area contributed by atoms with Crippen LogP contribution in [0.1, 0.15) is 87.2 Å². The van der Waals surface area contributed by atoms with Crippen molar-refractivity contribution in [1.82, 2.24) is 19.9 Å². The van der Waals surface area contributed by atoms with Crippen LogP contribution in [0.2, 0.25) is 0 Å². The standard InChI is InChI=1S/C28H37F3N4O3/c1-4-5-6-7-8-9-10-11-12-13-16-32-27(36)21-19-33-35-25(28(29,30)31)18-22(34-26(21)35)20-14-15-23(37-2)24(17-20)38-3/h14-15,17-19H,4-13,16H2,1-3H3,(H,32,36). The lowest BCUT2D eigenvalue weighted by Gasteiger charge is -2.13. The van der Waals surface area contributed by atoms with E-state index in [1.807, 2.05) is 0 Å². The second kappa shape index (κ2) is 14.0. The molecule has 0 unspecified atom stereocenters. The number of methoxy groups -OCH3 is 2. The first-order valence-corrected chi connectivity index (χ1v) is 13.3. The number of benzene rings is 1. The topological polar surface area (TPSA) is 77.8 Å². The Hall–Kier alpha value is -3.30. The highest BCUT2D eigenvalue weighted by molar-refractivity contribution is 5.99. The zero-order valence-corrected chi connectivity index (χ0v) is 22.4. The third-order valence-corrected chi connectivity index (χ3v) is 6.50. The first kappa shape index (κ1) is 29.3. The molecular weight excluding hydrogens is 497 g/mol. The molecule has 0 saturated heterocycles. The molecule has 0 bridgehead atoms. The zero-order chi connectivity index (χ0) is 27.5. The van der Waals surface area contributed by atoms with Crippen LogP contribution in [0.25, 0.3) is 16.9 Å². The van der Waals surface area contributed by atoms with Gasteiger partial charge in [0.2, 0.25) is 0 Å². The maximum absolute atomic E-state index is 13.9. The lowest BCUT2D eigenvalue weighted by Crippen LogP contribution is -2.24. The molecule has 3 rings (SSSR count). The first-order chi connectivity index (χ1) is 18.3. The summed E-state index contributed by atoms with van der Waals surface area (Å²) in [5, 5.41) is 6.64. The van der Waals surface area contributed by atoms with Crippen molar-refractivity contribution in [3.8, 4) is 22.8 Å². The Labute approximate surface area is 221 Å². The number of fused-ring (bicyclic) bond motifs is 1. The molecule has 0 spiro atoms. The van der Waals surface area contributed by atoms with Crippen molar-refractivity contribution >= 4 is 11.6 Å². The van der Waals surface area contributed by atoms with E-state index in [0.717, 1.165) is 31.5 Å². The van der Waals surface area contributed by atoms with Gasteiger partial charge in [-0.15, -0.1) is 0 Å². The third kappa shape index (κ3) is 7.61. The average Bonchev–Trinajstić information content (AvgIpc) is 3.34. The predicted molar refractivity (Wildman–Crippen MR) is 141 cm³/mol. The van der Waals surface area contributed by atoms with Crippen molar-refractivity contribution in [3.05, 3.63) is 41.7 Å². The van der Waals surface area contributed by atoms with Crippen LogP contribution in [0.4, 0.5) is 13.2 Å². The van der Waals surface area contributed by atoms with Crippen LogP contribution in [0.15, 0.2) is 30.5 Å². The fraction of sp³-hybridized carbons (Fsp3) is 0.536. The fourth-order valence-electron chi connectivity index (χ4n) is 4.38. The van der Waals surface area contributed by atoms with Crippen molar-refractivity contribution in [2.24, 2.45) is 0 Å². The minimum atomic E-state index is -4.71. The van der Waals surface area contributed by atoms with Crippen LogP contribution in [0.3, 0.4) is 0 Å². The maximum atomic E-state index is 13.9. The Morgan fingerprint density at radius 2 is 1.55 bits per heavy atom. The van der Waals surface area contributed by atoms with E-state index in [2.05, 4.69) is 22.3 Å². The fourth-order valence-corrected chi connectivity index (χ4v) is 4.38. The van der Waals surface area contributed by atoms with E-state index in [-0.39, 0.29) is 16.9 Å². The van der Waals surface area contributed by atoms with Gasteiger partial charge in [0.25, 0.3) is 5.91 Å². The number of rotatable bonds is 15. The van der Waals surface area contributed by atoms with Gasteiger partial charge in [-0.05, 0) is 30.7 Å². The number of nitrogens with zero attached hydrogens (tertiary/aromatic N) is 3. The van der Waals surface area contributed by atoms with Crippen molar-refractivity contribution in [1.29, 1.82) is 0 Å². The van der Waals surface area contributed by atoms with E-state index >= 15 is 0 Å². The summed E-state index contributed by atoms with van der Waals surface area (Å²) in [6.07, 6.45) is 8.15. The maximum Gasteiger partial charge on any atom is 0.433 e. The molecule has 7 nitrogen and oxygen atoms in total. The molecule has 0 aliphatic heterocycles. The number of carbonyl (C=O) groups is 1. The summed E-state index contributed by atoms with van der Waals surface area (Å²) in [7, 11) is 2.91. The molecule has 0 aliphatic carbocycles. The van der Waals surface area contributed by atoms with Crippen molar-refractivity contribution in [3.63, 3.8) is 0 Å². The van der Waals surface area contributed by atoms with E-state index in [9.17, 15) is 18.0 Å². The second-order valence-electron chi connectivity index (χ2n) is 9.33. The molecular formula is C28H37F3N4O3. The molecule has 1 amide bonds. The number of ether oxygens (including phenoxy) is 2. The normalized spacial score (nSPS) is 11.6. The molecule has 1 N–H and O–H groups in total. The number of unbranched alkanes of at least 4 members (excludes halogenated alkanes) is 9. The van der Waals surface area contributed by atoms with Gasteiger partial charge in [-0.2, -0.15) is 18.3 Å². The minimum absolute atomic E-state index is 0.00935. The summed E-state index contributed by atoms with van der Waals surface area (Å²) in [6.45, 7) is 2.65. The minimum Gasteiger partial charge on any atom is -0.493 e. The molecule has 10 heteroatoms. The molecule has 1 aromatic carbocycles. The smallest absolute Gasteiger partial charge is 0.433 e. The highest BCUT2D eigenvalue weighted by Gasteiger charge is 2.36. The number of hydrogen-bond acceptors (Lipinski definition) is 5. The SMILES string of the molecule is CCCCCCCCCCCCNC(=O)c1cnn2c(C(F)(F)F)cc(-c3ccc(OC)c(OC)c3)nc12. The lowest BCUT2D eigenvalue weighted by atomic mass is 10.1. The number of halogens is 3. The number of carbonyl (C=O) groups excluding carboxylic acids is 1. The molecule has 0 saturated carbocycles. The van der Waals surface area contributed by atoms with E-state index in [0.29, 0.717) is 28.1 Å². The molecule has 0 fully saturated rings. The van der Waals surface area contributed by atoms with E-state index in [1.165, 1.54) is 59.2 Å². The van der Waals surface area contributed by atoms with Gasteiger partial charge in [-0.25, -0.2) is 9.50 Å². The zero-order valence-electron chi connectivity index (χ0n) is 22.4. The van der Waals surface area contributed by atoms with Crippen molar-refractivity contribution in [2.75, 3.05) is 20.8 Å². The van der Waals surface area contributed by atoms with Gasteiger partial charge in [0, 0.05) is 12.1 Å². The third-order valence-electron chi connectivity index (χ3n) is 6.50. The summed E-state index contributed by atoms with van der Waals surface area (Å²) in [5.74, 6) is 0.286. The Morgan fingerprint density at radius 1 is 0.921 bits per heavy atom. The van der Waals surface area contributed by atoms with E-state index in [1.54, 1.807) is 18.2 Å². The quantitative estimate of drug-likeness (QED) is 0.211. The molecule has 2 aromatic heterocycles. The monoisotopic (exact) mass is 534 g/mol. The van der Waals surface area contributed by atoms with E-state index in [4.69, 9.17) is 9.47 Å². The Kier molecular flexibility index (Phi) is 10.8. The molecule has 2 heterocycles. The number of alkyl halides is 3. The van der Waals surface area contributed by atoms with Gasteiger partial charge < -0.3 is 14.8 Å². The molecule has 38 heavy (non-hydrogen) atoms. The Morgan fingerprint density at radius 3 is 2.16 bits per heavy atom. The number of nitrogens with one attached hydrogen (secondary N) is 1. The summed E-state index contributed by atoms with van der Waals surface area (Å²) >= 11 is 0.